The highest BCUT2D eigenvalue weighted by atomic mass is 16.5. The molecule has 0 aliphatic heterocycles. The fourth-order valence-corrected chi connectivity index (χ4v) is 1.11. The van der Waals surface area contributed by atoms with E-state index >= 15 is 0 Å². The van der Waals surface area contributed by atoms with Crippen molar-refractivity contribution >= 4 is 12.0 Å². The van der Waals surface area contributed by atoms with Crippen molar-refractivity contribution in [3.05, 3.63) is 41.7 Å². The highest BCUT2D eigenvalue weighted by Gasteiger charge is 2.09. The van der Waals surface area contributed by atoms with Crippen LogP contribution in [0.15, 0.2) is 36.1 Å². The Labute approximate surface area is 83.0 Å². The van der Waals surface area contributed by atoms with Crippen LogP contribution in [0.5, 0.6) is 0 Å². The topological polar surface area (TPSA) is 35.5 Å². The summed E-state index contributed by atoms with van der Waals surface area (Å²) in [4.78, 5) is 10.5. The van der Waals surface area contributed by atoms with E-state index in [1.54, 1.807) is 6.29 Å². The molecule has 0 atom stereocenters. The molecule has 73 valence electrons. The fraction of sp³-hybridized carbons (Fsp3) is 0.182. The second-order valence-corrected chi connectivity index (χ2v) is 2.53. The van der Waals surface area contributed by atoms with Crippen molar-refractivity contribution in [1.82, 2.24) is 0 Å². The number of carbonyl (C=O) groups excluding carboxylic acids is 1. The Morgan fingerprint density at radius 1 is 1.14 bits per heavy atom. The number of rotatable bonds is 4. The third-order valence-corrected chi connectivity index (χ3v) is 1.74. The predicted molar refractivity (Wildman–Crippen MR) is 53.1 cm³/mol. The van der Waals surface area contributed by atoms with Gasteiger partial charge >= 0.3 is 0 Å². The van der Waals surface area contributed by atoms with Gasteiger partial charge in [-0.15, -0.1) is 0 Å². The summed E-state index contributed by atoms with van der Waals surface area (Å²) in [5, 5.41) is 0. The Hall–Kier alpha value is -1.77. The number of benzene rings is 1. The Bertz CT molecular complexity index is 328. The van der Waals surface area contributed by atoms with Gasteiger partial charge in [-0.2, -0.15) is 0 Å². The molecule has 0 N–H and O–H groups in total. The Kier molecular flexibility index (Phi) is 3.73. The highest BCUT2D eigenvalue weighted by Crippen LogP contribution is 2.18. The molecule has 0 bridgehead atoms. The maximum Gasteiger partial charge on any atom is 0.275 e. The van der Waals surface area contributed by atoms with Crippen LogP contribution < -0.4 is 0 Å². The van der Waals surface area contributed by atoms with Gasteiger partial charge in [0.1, 0.15) is 0 Å². The van der Waals surface area contributed by atoms with Gasteiger partial charge in [0.15, 0.2) is 5.76 Å². The molecule has 1 radical (unpaired) electrons. The first-order valence-electron chi connectivity index (χ1n) is 4.09. The zero-order valence-electron chi connectivity index (χ0n) is 8.11. The molecule has 0 aromatic heterocycles. The van der Waals surface area contributed by atoms with Crippen molar-refractivity contribution in [2.24, 2.45) is 0 Å². The van der Waals surface area contributed by atoms with Crippen LogP contribution >= 0.6 is 0 Å². The van der Waals surface area contributed by atoms with Gasteiger partial charge < -0.3 is 9.47 Å². The second-order valence-electron chi connectivity index (χ2n) is 2.53. The molecule has 0 amide bonds. The van der Waals surface area contributed by atoms with E-state index < -0.39 is 0 Å². The van der Waals surface area contributed by atoms with Crippen LogP contribution in [-0.4, -0.2) is 20.5 Å². The van der Waals surface area contributed by atoms with Crippen molar-refractivity contribution in [3.8, 4) is 0 Å². The van der Waals surface area contributed by atoms with Gasteiger partial charge in [-0.25, -0.2) is 0 Å². The quantitative estimate of drug-likeness (QED) is 0.537. The summed E-state index contributed by atoms with van der Waals surface area (Å²) in [6.45, 7) is 0. The molecule has 0 heterocycles. The summed E-state index contributed by atoms with van der Waals surface area (Å²) < 4.78 is 9.91. The van der Waals surface area contributed by atoms with Gasteiger partial charge in [0, 0.05) is 5.56 Å². The largest absolute Gasteiger partial charge is 0.492 e. The third-order valence-electron chi connectivity index (χ3n) is 1.74. The Morgan fingerprint density at radius 2 is 1.79 bits per heavy atom. The number of hydrogen-bond acceptors (Lipinski definition) is 3. The van der Waals surface area contributed by atoms with Crippen molar-refractivity contribution < 1.29 is 14.3 Å². The van der Waals surface area contributed by atoms with E-state index in [4.69, 9.17) is 9.47 Å². The molecule has 1 rings (SSSR count). The fourth-order valence-electron chi connectivity index (χ4n) is 1.11. The van der Waals surface area contributed by atoms with Gasteiger partial charge in [0.2, 0.25) is 5.76 Å². The minimum Gasteiger partial charge on any atom is -0.492 e. The normalized spacial score (nSPS) is 11.6. The molecule has 0 saturated carbocycles. The van der Waals surface area contributed by atoms with Gasteiger partial charge in [0.25, 0.3) is 6.29 Å². The predicted octanol–water partition coefficient (Wildman–Crippen LogP) is 1.76. The first-order chi connectivity index (χ1) is 6.83. The summed E-state index contributed by atoms with van der Waals surface area (Å²) in [6.07, 6.45) is 1.68. The van der Waals surface area contributed by atoms with Gasteiger partial charge in [-0.3, -0.25) is 4.79 Å². The van der Waals surface area contributed by atoms with Crippen LogP contribution in [0.3, 0.4) is 0 Å². The third kappa shape index (κ3) is 2.13. The van der Waals surface area contributed by atoms with Gasteiger partial charge in [-0.1, -0.05) is 30.3 Å². The maximum absolute atomic E-state index is 10.5. The highest BCUT2D eigenvalue weighted by molar-refractivity contribution is 5.83. The Balaban J connectivity index is 3.15. The number of hydrogen-bond donors (Lipinski definition) is 0. The van der Waals surface area contributed by atoms with E-state index in [1.807, 2.05) is 30.3 Å². The first-order valence-corrected chi connectivity index (χ1v) is 4.09. The average Bonchev–Trinajstić information content (AvgIpc) is 2.27. The summed E-state index contributed by atoms with van der Waals surface area (Å²) in [5.41, 5.74) is 0.787. The lowest BCUT2D eigenvalue weighted by atomic mass is 10.2. The molecular weight excluding hydrogens is 180 g/mol. The van der Waals surface area contributed by atoms with E-state index in [0.717, 1.165) is 5.56 Å². The molecule has 0 aliphatic rings. The van der Waals surface area contributed by atoms with Crippen LogP contribution in [0.1, 0.15) is 5.56 Å². The van der Waals surface area contributed by atoms with E-state index in [-0.39, 0.29) is 5.76 Å². The summed E-state index contributed by atoms with van der Waals surface area (Å²) >= 11 is 0. The molecule has 0 unspecified atom stereocenters. The molecule has 1 aromatic carbocycles. The van der Waals surface area contributed by atoms with Crippen molar-refractivity contribution in [3.63, 3.8) is 0 Å². The number of ether oxygens (including phenoxy) is 2. The molecular formula is C11H11O3. The van der Waals surface area contributed by atoms with Crippen LogP contribution in [0.25, 0.3) is 5.76 Å². The monoisotopic (exact) mass is 191 g/mol. The average molecular weight is 191 g/mol. The van der Waals surface area contributed by atoms with E-state index in [1.165, 1.54) is 14.2 Å². The van der Waals surface area contributed by atoms with Crippen LogP contribution in [0.4, 0.5) is 0 Å². The van der Waals surface area contributed by atoms with E-state index in [9.17, 15) is 4.79 Å². The lowest BCUT2D eigenvalue weighted by Crippen LogP contribution is -1.97. The van der Waals surface area contributed by atoms with Crippen molar-refractivity contribution in [1.29, 1.82) is 0 Å². The Morgan fingerprint density at radius 3 is 2.21 bits per heavy atom. The molecule has 0 aliphatic carbocycles. The van der Waals surface area contributed by atoms with Crippen LogP contribution in [0.2, 0.25) is 0 Å². The molecule has 0 saturated heterocycles. The molecule has 3 heteroatoms. The van der Waals surface area contributed by atoms with Crippen LogP contribution in [0, 0.1) is 0 Å². The zero-order valence-corrected chi connectivity index (χ0v) is 8.11. The molecule has 1 aromatic rings. The maximum atomic E-state index is 10.5. The lowest BCUT2D eigenvalue weighted by molar-refractivity contribution is 0.282. The van der Waals surface area contributed by atoms with Gasteiger partial charge in [0.05, 0.1) is 14.2 Å². The summed E-state index contributed by atoms with van der Waals surface area (Å²) in [7, 11) is 2.89. The number of methoxy groups -OCH3 is 2. The van der Waals surface area contributed by atoms with E-state index in [0.29, 0.717) is 5.76 Å². The minimum absolute atomic E-state index is 0.0682. The molecule has 14 heavy (non-hydrogen) atoms. The van der Waals surface area contributed by atoms with Crippen LogP contribution in [-0.2, 0) is 14.3 Å². The van der Waals surface area contributed by atoms with E-state index in [2.05, 4.69) is 0 Å². The standard InChI is InChI=1S/C11H11O3/c1-13-10(8-12)11(14-2)9-6-4-3-5-7-9/h3-7H,1-2H3. The van der Waals surface area contributed by atoms with Gasteiger partial charge in [-0.05, 0) is 0 Å². The summed E-state index contributed by atoms with van der Waals surface area (Å²) in [5.74, 6) is 0.460. The SMILES string of the molecule is COC([C]=O)=C(OC)c1ccccc1. The van der Waals surface area contributed by atoms with Crippen molar-refractivity contribution in [2.75, 3.05) is 14.2 Å². The first kappa shape index (κ1) is 10.3. The minimum atomic E-state index is 0.0682. The molecule has 3 nitrogen and oxygen atoms in total. The molecule has 0 fully saturated rings. The second kappa shape index (κ2) is 5.07. The van der Waals surface area contributed by atoms with Crippen molar-refractivity contribution in [2.45, 2.75) is 0 Å². The molecule has 0 spiro atoms. The number of allylic oxidation sites excluding steroid dienone is 1. The zero-order chi connectivity index (χ0) is 10.4. The summed E-state index contributed by atoms with van der Waals surface area (Å²) in [6, 6.07) is 9.25. The smallest absolute Gasteiger partial charge is 0.275 e. The lowest BCUT2D eigenvalue weighted by Gasteiger charge is -2.08.